The lowest BCUT2D eigenvalue weighted by atomic mass is 10.1. The molecule has 1 aliphatic rings. The Morgan fingerprint density at radius 3 is 2.95 bits per heavy atom. The van der Waals surface area contributed by atoms with Gasteiger partial charge in [0, 0.05) is 45.6 Å². The van der Waals surface area contributed by atoms with Crippen molar-refractivity contribution in [2.24, 2.45) is 7.05 Å². The van der Waals surface area contributed by atoms with Gasteiger partial charge in [-0.25, -0.2) is 4.98 Å². The Hall–Kier alpha value is -1.36. The summed E-state index contributed by atoms with van der Waals surface area (Å²) in [6.45, 7) is 6.22. The number of aryl methyl sites for hydroxylation is 2. The Kier molecular flexibility index (Phi) is 5.39. The minimum absolute atomic E-state index is 0. The van der Waals surface area contributed by atoms with E-state index in [0.29, 0.717) is 6.04 Å². The minimum atomic E-state index is 0. The monoisotopic (exact) mass is 306 g/mol. The topological polar surface area (TPSA) is 33.1 Å². The van der Waals surface area contributed by atoms with Crippen LogP contribution in [0.25, 0.3) is 0 Å². The Balaban J connectivity index is 0.00000161. The van der Waals surface area contributed by atoms with E-state index >= 15 is 0 Å². The number of nitrogens with zero attached hydrogens (tertiary/aromatic N) is 3. The number of aromatic nitrogens is 2. The van der Waals surface area contributed by atoms with Crippen LogP contribution in [-0.4, -0.2) is 34.1 Å². The third-order valence-corrected chi connectivity index (χ3v) is 3.98. The molecule has 0 saturated carbocycles. The SMILES string of the molecule is Cc1cccc(CN2CCNCC2c2nccn2C)c1.Cl. The van der Waals surface area contributed by atoms with Gasteiger partial charge in [0.05, 0.1) is 6.04 Å². The van der Waals surface area contributed by atoms with Crippen molar-refractivity contribution >= 4 is 12.4 Å². The third-order valence-electron chi connectivity index (χ3n) is 3.98. The fraction of sp³-hybridized carbons (Fsp3) is 0.438. The van der Waals surface area contributed by atoms with Crippen molar-refractivity contribution in [3.8, 4) is 0 Å². The zero-order chi connectivity index (χ0) is 13.9. The molecule has 3 rings (SSSR count). The predicted octanol–water partition coefficient (Wildman–Crippen LogP) is 2.30. The van der Waals surface area contributed by atoms with Crippen LogP contribution in [0, 0.1) is 6.92 Å². The number of hydrogen-bond donors (Lipinski definition) is 1. The van der Waals surface area contributed by atoms with E-state index in [-0.39, 0.29) is 12.4 Å². The molecular weight excluding hydrogens is 284 g/mol. The molecule has 5 heteroatoms. The molecular formula is C16H23ClN4. The maximum atomic E-state index is 4.53. The van der Waals surface area contributed by atoms with E-state index in [0.717, 1.165) is 32.0 Å². The van der Waals surface area contributed by atoms with Gasteiger partial charge in [0.25, 0.3) is 0 Å². The van der Waals surface area contributed by atoms with Crippen molar-refractivity contribution in [1.29, 1.82) is 0 Å². The van der Waals surface area contributed by atoms with Crippen molar-refractivity contribution in [2.45, 2.75) is 19.5 Å². The van der Waals surface area contributed by atoms with Crippen molar-refractivity contribution in [3.63, 3.8) is 0 Å². The summed E-state index contributed by atoms with van der Waals surface area (Å²) in [5, 5.41) is 3.48. The van der Waals surface area contributed by atoms with Crippen LogP contribution in [0.3, 0.4) is 0 Å². The summed E-state index contributed by atoms with van der Waals surface area (Å²) in [5.74, 6) is 1.14. The lowest BCUT2D eigenvalue weighted by Gasteiger charge is -2.35. The van der Waals surface area contributed by atoms with Gasteiger partial charge in [-0.15, -0.1) is 12.4 Å². The maximum Gasteiger partial charge on any atom is 0.127 e. The van der Waals surface area contributed by atoms with Crippen LogP contribution in [0.4, 0.5) is 0 Å². The molecule has 1 aromatic carbocycles. The lowest BCUT2D eigenvalue weighted by molar-refractivity contribution is 0.144. The van der Waals surface area contributed by atoms with Gasteiger partial charge < -0.3 is 9.88 Å². The van der Waals surface area contributed by atoms with Gasteiger partial charge in [-0.3, -0.25) is 4.90 Å². The second-order valence-corrected chi connectivity index (χ2v) is 5.58. The highest BCUT2D eigenvalue weighted by atomic mass is 35.5. The number of imidazole rings is 1. The average Bonchev–Trinajstić information content (AvgIpc) is 2.86. The minimum Gasteiger partial charge on any atom is -0.337 e. The Morgan fingerprint density at radius 1 is 1.38 bits per heavy atom. The molecule has 114 valence electrons. The van der Waals surface area contributed by atoms with Gasteiger partial charge >= 0.3 is 0 Å². The summed E-state index contributed by atoms with van der Waals surface area (Å²) in [5.41, 5.74) is 2.71. The first kappa shape index (κ1) is 16.0. The third kappa shape index (κ3) is 3.64. The molecule has 0 spiro atoms. The van der Waals surface area contributed by atoms with E-state index in [1.165, 1.54) is 11.1 Å². The molecule has 0 radical (unpaired) electrons. The normalized spacial score (nSPS) is 19.2. The molecule has 0 amide bonds. The first-order valence-corrected chi connectivity index (χ1v) is 7.21. The van der Waals surface area contributed by atoms with Crippen LogP contribution in [0.15, 0.2) is 36.7 Å². The fourth-order valence-electron chi connectivity index (χ4n) is 2.93. The average molecular weight is 307 g/mol. The standard InChI is InChI=1S/C16H22N4.ClH/c1-13-4-3-5-14(10-13)12-20-9-6-17-11-15(20)16-18-7-8-19(16)2;/h3-5,7-8,10,15,17H,6,9,11-12H2,1-2H3;1H. The molecule has 1 N–H and O–H groups in total. The summed E-state index contributed by atoms with van der Waals surface area (Å²) < 4.78 is 2.13. The van der Waals surface area contributed by atoms with E-state index in [9.17, 15) is 0 Å². The van der Waals surface area contributed by atoms with Crippen LogP contribution in [-0.2, 0) is 13.6 Å². The van der Waals surface area contributed by atoms with Gasteiger partial charge in [0.15, 0.2) is 0 Å². The molecule has 0 aliphatic carbocycles. The van der Waals surface area contributed by atoms with E-state index in [4.69, 9.17) is 0 Å². The van der Waals surface area contributed by atoms with Crippen molar-refractivity contribution in [3.05, 3.63) is 53.6 Å². The number of hydrogen-bond acceptors (Lipinski definition) is 3. The zero-order valence-electron chi connectivity index (χ0n) is 12.6. The lowest BCUT2D eigenvalue weighted by Crippen LogP contribution is -2.46. The van der Waals surface area contributed by atoms with Gasteiger partial charge in [0.2, 0.25) is 0 Å². The number of benzene rings is 1. The quantitative estimate of drug-likeness (QED) is 0.944. The molecule has 1 atom stereocenters. The molecule has 1 aliphatic heterocycles. The molecule has 2 heterocycles. The van der Waals surface area contributed by atoms with Crippen LogP contribution < -0.4 is 5.32 Å². The van der Waals surface area contributed by atoms with Crippen LogP contribution in [0.1, 0.15) is 23.0 Å². The Bertz CT molecular complexity index is 581. The number of halogens is 1. The Labute approximate surface area is 132 Å². The number of piperazine rings is 1. The summed E-state index contributed by atoms with van der Waals surface area (Å²) in [4.78, 5) is 7.05. The molecule has 2 aromatic rings. The highest BCUT2D eigenvalue weighted by Gasteiger charge is 2.26. The van der Waals surface area contributed by atoms with E-state index in [1.54, 1.807) is 0 Å². The highest BCUT2D eigenvalue weighted by Crippen LogP contribution is 2.22. The van der Waals surface area contributed by atoms with Gasteiger partial charge in [-0.05, 0) is 12.5 Å². The second-order valence-electron chi connectivity index (χ2n) is 5.58. The highest BCUT2D eigenvalue weighted by molar-refractivity contribution is 5.85. The van der Waals surface area contributed by atoms with E-state index < -0.39 is 0 Å². The second kappa shape index (κ2) is 7.07. The Morgan fingerprint density at radius 2 is 2.24 bits per heavy atom. The molecule has 1 fully saturated rings. The van der Waals surface area contributed by atoms with Gasteiger partial charge in [0.1, 0.15) is 5.82 Å². The smallest absolute Gasteiger partial charge is 0.127 e. The van der Waals surface area contributed by atoms with Gasteiger partial charge in [-0.2, -0.15) is 0 Å². The van der Waals surface area contributed by atoms with Crippen LogP contribution >= 0.6 is 12.4 Å². The van der Waals surface area contributed by atoms with Crippen molar-refractivity contribution in [1.82, 2.24) is 19.8 Å². The summed E-state index contributed by atoms with van der Waals surface area (Å²) in [6.07, 6.45) is 3.91. The summed E-state index contributed by atoms with van der Waals surface area (Å²) >= 11 is 0. The zero-order valence-corrected chi connectivity index (χ0v) is 13.4. The van der Waals surface area contributed by atoms with Gasteiger partial charge in [-0.1, -0.05) is 29.8 Å². The molecule has 21 heavy (non-hydrogen) atoms. The van der Waals surface area contributed by atoms with E-state index in [1.807, 2.05) is 12.4 Å². The maximum absolute atomic E-state index is 4.53. The van der Waals surface area contributed by atoms with Crippen molar-refractivity contribution < 1.29 is 0 Å². The molecule has 1 saturated heterocycles. The molecule has 1 aromatic heterocycles. The number of rotatable bonds is 3. The van der Waals surface area contributed by atoms with Crippen LogP contribution in [0.2, 0.25) is 0 Å². The predicted molar refractivity (Wildman–Crippen MR) is 87.7 cm³/mol. The summed E-state index contributed by atoms with van der Waals surface area (Å²) in [7, 11) is 2.07. The summed E-state index contributed by atoms with van der Waals surface area (Å²) in [6, 6.07) is 9.13. The molecule has 0 bridgehead atoms. The fourth-order valence-corrected chi connectivity index (χ4v) is 2.93. The number of nitrogens with one attached hydrogen (secondary N) is 1. The molecule has 1 unspecified atom stereocenters. The first-order chi connectivity index (χ1) is 9.74. The molecule has 4 nitrogen and oxygen atoms in total. The van der Waals surface area contributed by atoms with E-state index in [2.05, 4.69) is 58.0 Å². The first-order valence-electron chi connectivity index (χ1n) is 7.21. The van der Waals surface area contributed by atoms with Crippen LogP contribution in [0.5, 0.6) is 0 Å². The van der Waals surface area contributed by atoms with Crippen molar-refractivity contribution in [2.75, 3.05) is 19.6 Å². The largest absolute Gasteiger partial charge is 0.337 e.